The number of rotatable bonds is 6. The highest BCUT2D eigenvalue weighted by molar-refractivity contribution is 5.01. The standard InChI is InChI=1S/C17H34N2/c1-6-7-14-9-16(14)19-11-15(8-12(2)3)18-10-17(19)13(4)5/h12-18H,6-11H2,1-5H3. The topological polar surface area (TPSA) is 15.3 Å². The van der Waals surface area contributed by atoms with E-state index in [1.54, 1.807) is 0 Å². The fourth-order valence-electron chi connectivity index (χ4n) is 3.90. The molecule has 1 saturated heterocycles. The van der Waals surface area contributed by atoms with Crippen molar-refractivity contribution in [3.63, 3.8) is 0 Å². The number of nitrogens with one attached hydrogen (secondary N) is 1. The third-order valence-electron chi connectivity index (χ3n) is 4.97. The van der Waals surface area contributed by atoms with E-state index >= 15 is 0 Å². The SMILES string of the molecule is CCCC1CC1N1CC(CC(C)C)NCC1C(C)C. The average Bonchev–Trinajstić information content (AvgIpc) is 3.07. The number of hydrogen-bond acceptors (Lipinski definition) is 2. The Bertz CT molecular complexity index is 274. The molecule has 2 nitrogen and oxygen atoms in total. The van der Waals surface area contributed by atoms with Gasteiger partial charge in [0.1, 0.15) is 0 Å². The zero-order valence-electron chi connectivity index (χ0n) is 13.7. The zero-order chi connectivity index (χ0) is 14.0. The van der Waals surface area contributed by atoms with Crippen molar-refractivity contribution in [2.24, 2.45) is 17.8 Å². The maximum Gasteiger partial charge on any atom is 0.0247 e. The van der Waals surface area contributed by atoms with Gasteiger partial charge >= 0.3 is 0 Å². The number of nitrogens with zero attached hydrogens (tertiary/aromatic N) is 1. The second-order valence-corrected chi connectivity index (χ2v) is 7.59. The first kappa shape index (κ1) is 15.3. The smallest absolute Gasteiger partial charge is 0.0247 e. The third-order valence-corrected chi connectivity index (χ3v) is 4.97. The molecule has 2 rings (SSSR count). The molecule has 0 radical (unpaired) electrons. The van der Waals surface area contributed by atoms with Crippen LogP contribution in [0.1, 0.15) is 60.3 Å². The van der Waals surface area contributed by atoms with Crippen LogP contribution in [0.5, 0.6) is 0 Å². The van der Waals surface area contributed by atoms with Crippen LogP contribution in [0.3, 0.4) is 0 Å². The lowest BCUT2D eigenvalue weighted by molar-refractivity contribution is 0.0791. The second-order valence-electron chi connectivity index (χ2n) is 7.59. The van der Waals surface area contributed by atoms with Crippen LogP contribution < -0.4 is 5.32 Å². The molecule has 19 heavy (non-hydrogen) atoms. The Morgan fingerprint density at radius 2 is 1.95 bits per heavy atom. The van der Waals surface area contributed by atoms with Gasteiger partial charge in [-0.1, -0.05) is 41.0 Å². The maximum atomic E-state index is 3.80. The molecule has 4 unspecified atom stereocenters. The number of hydrogen-bond donors (Lipinski definition) is 1. The molecule has 2 heteroatoms. The first-order chi connectivity index (χ1) is 9.02. The van der Waals surface area contributed by atoms with Crippen molar-refractivity contribution in [1.29, 1.82) is 0 Å². The van der Waals surface area contributed by atoms with Crippen LogP contribution in [0.15, 0.2) is 0 Å². The highest BCUT2D eigenvalue weighted by atomic mass is 15.3. The molecule has 4 atom stereocenters. The molecule has 112 valence electrons. The molecule has 2 fully saturated rings. The van der Waals surface area contributed by atoms with E-state index in [1.165, 1.54) is 38.8 Å². The van der Waals surface area contributed by atoms with E-state index in [9.17, 15) is 0 Å². The summed E-state index contributed by atoms with van der Waals surface area (Å²) in [5.74, 6) is 2.58. The fraction of sp³-hybridized carbons (Fsp3) is 1.00. The van der Waals surface area contributed by atoms with Crippen LogP contribution in [0, 0.1) is 17.8 Å². The minimum Gasteiger partial charge on any atom is -0.311 e. The molecule has 1 aliphatic heterocycles. The Hall–Kier alpha value is -0.0800. The van der Waals surface area contributed by atoms with Crippen LogP contribution in [0.25, 0.3) is 0 Å². The number of piperazine rings is 1. The molecule has 1 aliphatic carbocycles. The van der Waals surface area contributed by atoms with Gasteiger partial charge in [0.2, 0.25) is 0 Å². The van der Waals surface area contributed by atoms with Gasteiger partial charge in [-0.05, 0) is 37.0 Å². The van der Waals surface area contributed by atoms with E-state index in [4.69, 9.17) is 0 Å². The summed E-state index contributed by atoms with van der Waals surface area (Å²) in [4.78, 5) is 2.87. The van der Waals surface area contributed by atoms with Crippen molar-refractivity contribution < 1.29 is 0 Å². The van der Waals surface area contributed by atoms with Gasteiger partial charge in [-0.25, -0.2) is 0 Å². The Kier molecular flexibility index (Phi) is 5.30. The van der Waals surface area contributed by atoms with Gasteiger partial charge in [-0.15, -0.1) is 0 Å². The van der Waals surface area contributed by atoms with Crippen molar-refractivity contribution in [1.82, 2.24) is 10.2 Å². The summed E-state index contributed by atoms with van der Waals surface area (Å²) >= 11 is 0. The van der Waals surface area contributed by atoms with Crippen LogP contribution in [-0.2, 0) is 0 Å². The van der Waals surface area contributed by atoms with Crippen molar-refractivity contribution in [3.05, 3.63) is 0 Å². The fourth-order valence-corrected chi connectivity index (χ4v) is 3.90. The summed E-state index contributed by atoms with van der Waals surface area (Å²) < 4.78 is 0. The predicted molar refractivity (Wildman–Crippen MR) is 83.4 cm³/mol. The van der Waals surface area contributed by atoms with E-state index in [2.05, 4.69) is 44.8 Å². The summed E-state index contributed by atoms with van der Waals surface area (Å²) in [6.07, 6.45) is 5.58. The molecule has 0 amide bonds. The Balaban J connectivity index is 1.94. The second kappa shape index (κ2) is 6.58. The lowest BCUT2D eigenvalue weighted by Gasteiger charge is -2.43. The Morgan fingerprint density at radius 3 is 2.53 bits per heavy atom. The summed E-state index contributed by atoms with van der Waals surface area (Å²) in [5, 5.41) is 3.80. The average molecular weight is 266 g/mol. The Labute approximate surface area is 120 Å². The van der Waals surface area contributed by atoms with Crippen LogP contribution in [0.2, 0.25) is 0 Å². The van der Waals surface area contributed by atoms with Crippen LogP contribution in [0.4, 0.5) is 0 Å². The third kappa shape index (κ3) is 3.95. The van der Waals surface area contributed by atoms with Crippen LogP contribution in [-0.4, -0.2) is 36.1 Å². The summed E-state index contributed by atoms with van der Waals surface area (Å²) in [5.41, 5.74) is 0. The predicted octanol–water partition coefficient (Wildman–Crippen LogP) is 3.52. The summed E-state index contributed by atoms with van der Waals surface area (Å²) in [6.45, 7) is 14.3. The molecule has 0 bridgehead atoms. The monoisotopic (exact) mass is 266 g/mol. The minimum atomic E-state index is 0.720. The van der Waals surface area contributed by atoms with E-state index in [0.29, 0.717) is 0 Å². The van der Waals surface area contributed by atoms with Crippen molar-refractivity contribution in [2.45, 2.75) is 78.4 Å². The molecule has 1 saturated carbocycles. The molecule has 2 aliphatic rings. The quantitative estimate of drug-likeness (QED) is 0.791. The van der Waals surface area contributed by atoms with Gasteiger partial charge in [0.15, 0.2) is 0 Å². The van der Waals surface area contributed by atoms with E-state index in [1.807, 2.05) is 0 Å². The first-order valence-corrected chi connectivity index (χ1v) is 8.52. The van der Waals surface area contributed by atoms with E-state index in [0.717, 1.165) is 35.9 Å². The van der Waals surface area contributed by atoms with Crippen molar-refractivity contribution in [3.8, 4) is 0 Å². The maximum absolute atomic E-state index is 3.80. The first-order valence-electron chi connectivity index (χ1n) is 8.52. The molecule has 1 heterocycles. The van der Waals surface area contributed by atoms with Gasteiger partial charge in [-0.2, -0.15) is 0 Å². The zero-order valence-corrected chi connectivity index (χ0v) is 13.7. The highest BCUT2D eigenvalue weighted by Gasteiger charge is 2.45. The van der Waals surface area contributed by atoms with Gasteiger partial charge in [-0.3, -0.25) is 4.90 Å². The van der Waals surface area contributed by atoms with Crippen molar-refractivity contribution >= 4 is 0 Å². The molecule has 0 aromatic carbocycles. The molecule has 0 aromatic heterocycles. The minimum absolute atomic E-state index is 0.720. The van der Waals surface area contributed by atoms with Gasteiger partial charge in [0.05, 0.1) is 0 Å². The van der Waals surface area contributed by atoms with Crippen LogP contribution >= 0.6 is 0 Å². The largest absolute Gasteiger partial charge is 0.311 e. The molecule has 1 N–H and O–H groups in total. The molecular weight excluding hydrogens is 232 g/mol. The highest BCUT2D eigenvalue weighted by Crippen LogP contribution is 2.42. The molecule has 0 aromatic rings. The lowest BCUT2D eigenvalue weighted by atomic mass is 9.94. The van der Waals surface area contributed by atoms with Gasteiger partial charge in [0, 0.05) is 31.2 Å². The summed E-state index contributed by atoms with van der Waals surface area (Å²) in [7, 11) is 0. The molecular formula is C17H34N2. The van der Waals surface area contributed by atoms with Gasteiger partial charge in [0.25, 0.3) is 0 Å². The molecule has 0 spiro atoms. The van der Waals surface area contributed by atoms with E-state index in [-0.39, 0.29) is 0 Å². The lowest BCUT2D eigenvalue weighted by Crippen LogP contribution is -2.59. The van der Waals surface area contributed by atoms with Gasteiger partial charge < -0.3 is 5.32 Å². The van der Waals surface area contributed by atoms with Crippen molar-refractivity contribution in [2.75, 3.05) is 13.1 Å². The normalized spacial score (nSPS) is 36.2. The van der Waals surface area contributed by atoms with E-state index < -0.39 is 0 Å². The summed E-state index contributed by atoms with van der Waals surface area (Å²) in [6, 6.07) is 2.39. The Morgan fingerprint density at radius 1 is 1.21 bits per heavy atom.